The average molecular weight is 1060 g/mol. The van der Waals surface area contributed by atoms with E-state index in [1.165, 1.54) is 12.7 Å². The van der Waals surface area contributed by atoms with E-state index in [9.17, 15) is 9.59 Å². The maximum absolute atomic E-state index is 12.3. The lowest BCUT2D eigenvalue weighted by atomic mass is 10.1. The molecule has 18 nitrogen and oxygen atoms in total. The van der Waals surface area contributed by atoms with Crippen LogP contribution in [-0.4, -0.2) is 97.6 Å². The van der Waals surface area contributed by atoms with Gasteiger partial charge in [0.1, 0.15) is 77.0 Å². The van der Waals surface area contributed by atoms with Crippen LogP contribution in [0.3, 0.4) is 0 Å². The standard InChI is InChI=1S/C30H34N6O4.C25H25N5O3.2ClH/c31-28-27-25(21-10-12-24(13-11-21)39-22-6-2-1-3-7-22)18-36(29(27)34-20-33-28)26-19-38-17-16-35(26)15-14-32-30(37)40-23-8-4-5-9-23;26-13-22(31)33-20-11-8-17(12-20)30-14-21(23-24(27)28-15-29-25(23)30)16-6-9-19(10-7-16)32-18-4-2-1-3-5-18;;/h1-3,6-7,10-13,18,20,23,26H,4-5,8-9,14-17,19H2,(H,32,37)(H2,31,33,34);1-7,9-10,14-15,17,20H,8,11-13,26H2,(H2,27,28,29);2*1H. The summed E-state index contributed by atoms with van der Waals surface area (Å²) in [5.74, 6) is 3.54. The highest BCUT2D eigenvalue weighted by atomic mass is 35.5. The Kier molecular flexibility index (Phi) is 18.1. The molecule has 3 atom stereocenters. The zero-order valence-corrected chi connectivity index (χ0v) is 42.9. The van der Waals surface area contributed by atoms with E-state index in [0.717, 1.165) is 112 Å². The Hall–Kier alpha value is -7.48. The highest BCUT2D eigenvalue weighted by molar-refractivity contribution is 6.01. The molecule has 0 radical (unpaired) electrons. The summed E-state index contributed by atoms with van der Waals surface area (Å²) in [6.07, 6.45) is 13.1. The van der Waals surface area contributed by atoms with Gasteiger partial charge in [-0.2, -0.15) is 0 Å². The third kappa shape index (κ3) is 12.7. The van der Waals surface area contributed by atoms with E-state index in [4.69, 9.17) is 40.9 Å². The first-order valence-electron chi connectivity index (χ1n) is 24.8. The highest BCUT2D eigenvalue weighted by Crippen LogP contribution is 2.41. The van der Waals surface area contributed by atoms with Gasteiger partial charge in [-0.3, -0.25) is 9.69 Å². The van der Waals surface area contributed by atoms with Crippen molar-refractivity contribution in [2.45, 2.75) is 69.4 Å². The lowest BCUT2D eigenvalue weighted by molar-refractivity contribution is -0.147. The summed E-state index contributed by atoms with van der Waals surface area (Å²) in [5.41, 5.74) is 23.4. The molecule has 4 aromatic carbocycles. The first kappa shape index (κ1) is 53.8. The number of carbonyl (C=O) groups is 2. The van der Waals surface area contributed by atoms with Crippen LogP contribution in [0.15, 0.2) is 134 Å². The van der Waals surface area contributed by atoms with E-state index in [-0.39, 0.29) is 67.8 Å². The Morgan fingerprint density at radius 1 is 0.640 bits per heavy atom. The van der Waals surface area contributed by atoms with Gasteiger partial charge in [-0.05, 0) is 98.2 Å². The number of halogens is 2. The van der Waals surface area contributed by atoms with Crippen molar-refractivity contribution in [2.24, 2.45) is 5.73 Å². The quantitative estimate of drug-likeness (QED) is 0.0742. The number of para-hydroxylation sites is 2. The molecule has 8 aromatic rings. The number of hydrogen-bond donors (Lipinski definition) is 4. The Balaban J connectivity index is 0.000000197. The smallest absolute Gasteiger partial charge is 0.407 e. The van der Waals surface area contributed by atoms with E-state index in [1.807, 2.05) is 109 Å². The van der Waals surface area contributed by atoms with Gasteiger partial charge in [-0.25, -0.2) is 24.7 Å². The summed E-state index contributed by atoms with van der Waals surface area (Å²) in [5, 5.41) is 4.53. The monoisotopic (exact) mass is 1060 g/mol. The summed E-state index contributed by atoms with van der Waals surface area (Å²) < 4.78 is 33.0. The van der Waals surface area contributed by atoms with E-state index >= 15 is 0 Å². The van der Waals surface area contributed by atoms with Crippen molar-refractivity contribution in [3.8, 4) is 45.3 Å². The molecule has 392 valence electrons. The number of nitrogen functional groups attached to an aromatic ring is 2. The minimum absolute atomic E-state index is 0. The predicted octanol–water partition coefficient (Wildman–Crippen LogP) is 9.88. The fourth-order valence-electron chi connectivity index (χ4n) is 9.97. The Morgan fingerprint density at radius 3 is 1.73 bits per heavy atom. The van der Waals surface area contributed by atoms with Crippen molar-refractivity contribution in [2.75, 3.05) is 50.9 Å². The third-order valence-electron chi connectivity index (χ3n) is 13.6. The van der Waals surface area contributed by atoms with E-state index < -0.39 is 0 Å². The number of benzene rings is 4. The number of alkyl carbamates (subject to hydrolysis) is 1. The van der Waals surface area contributed by atoms with Gasteiger partial charge in [0.2, 0.25) is 0 Å². The molecule has 4 aromatic heterocycles. The maximum atomic E-state index is 12.3. The number of morpholine rings is 1. The highest BCUT2D eigenvalue weighted by Gasteiger charge is 2.32. The molecule has 3 unspecified atom stereocenters. The zero-order chi connectivity index (χ0) is 50.1. The Morgan fingerprint density at radius 2 is 1.17 bits per heavy atom. The molecule has 1 aliphatic heterocycles. The topological polar surface area (TPSA) is 235 Å². The van der Waals surface area contributed by atoms with Gasteiger partial charge in [-0.1, -0.05) is 60.7 Å². The van der Waals surface area contributed by atoms with Gasteiger partial charge in [0.05, 0.1) is 30.5 Å². The fourth-order valence-corrected chi connectivity index (χ4v) is 9.97. The third-order valence-corrected chi connectivity index (χ3v) is 13.6. The normalized spacial score (nSPS) is 17.5. The molecule has 2 saturated carbocycles. The van der Waals surface area contributed by atoms with Crippen LogP contribution in [0.2, 0.25) is 0 Å². The number of rotatable bonds is 14. The molecule has 3 fully saturated rings. The number of ether oxygens (including phenoxy) is 5. The van der Waals surface area contributed by atoms with Crippen LogP contribution in [0.4, 0.5) is 16.4 Å². The van der Waals surface area contributed by atoms with Crippen LogP contribution in [-0.2, 0) is 19.0 Å². The molecule has 0 spiro atoms. The number of anilines is 2. The molecule has 5 heterocycles. The number of nitrogens with two attached hydrogens (primary N) is 3. The largest absolute Gasteiger partial charge is 0.461 e. The van der Waals surface area contributed by atoms with Crippen LogP contribution in [0.25, 0.3) is 44.3 Å². The van der Waals surface area contributed by atoms with Crippen LogP contribution < -0.4 is 32.0 Å². The van der Waals surface area contributed by atoms with Gasteiger partial charge in [0, 0.05) is 55.6 Å². The SMILES string of the molecule is Cl.Cl.NCC(=O)OC1CCC(n2cc(-c3ccc(Oc4ccccc4)cc3)c3c(N)ncnc32)C1.Nc1ncnc2c1c(-c1ccc(Oc3ccccc3)cc1)cn2C1COCCN1CCNC(=O)OC1CCCC1. The van der Waals surface area contributed by atoms with Gasteiger partial charge in [0.25, 0.3) is 0 Å². The minimum atomic E-state index is -0.372. The number of carbonyl (C=O) groups excluding carboxylic acids is 2. The molecular weight excluding hydrogens is 998 g/mol. The molecule has 1 saturated heterocycles. The second-order valence-electron chi connectivity index (χ2n) is 18.3. The second kappa shape index (κ2) is 25.2. The van der Waals surface area contributed by atoms with E-state index in [2.05, 4.69) is 51.7 Å². The first-order chi connectivity index (χ1) is 35.8. The zero-order valence-electron chi connectivity index (χ0n) is 41.2. The van der Waals surface area contributed by atoms with Crippen molar-refractivity contribution >= 4 is 70.6 Å². The molecule has 11 rings (SSSR count). The molecule has 20 heteroatoms. The van der Waals surface area contributed by atoms with Crippen molar-refractivity contribution < 1.29 is 33.3 Å². The molecule has 3 aliphatic rings. The molecular formula is C55H61Cl2N11O7. The number of amides is 1. The van der Waals surface area contributed by atoms with E-state index in [1.54, 1.807) is 0 Å². The number of fused-ring (bicyclic) bond motifs is 2. The van der Waals surface area contributed by atoms with E-state index in [0.29, 0.717) is 44.4 Å². The number of nitrogens with one attached hydrogen (secondary N) is 1. The minimum Gasteiger partial charge on any atom is -0.461 e. The van der Waals surface area contributed by atoms with Crippen molar-refractivity contribution in [1.82, 2.24) is 39.3 Å². The summed E-state index contributed by atoms with van der Waals surface area (Å²) in [6, 6.07) is 35.3. The number of hydrogen-bond acceptors (Lipinski definition) is 15. The first-order valence-corrected chi connectivity index (χ1v) is 24.8. The predicted molar refractivity (Wildman–Crippen MR) is 292 cm³/mol. The van der Waals surface area contributed by atoms with Crippen LogP contribution >= 0.6 is 24.8 Å². The average Bonchev–Trinajstić information content (AvgIpc) is 4.26. The van der Waals surface area contributed by atoms with Crippen molar-refractivity contribution in [3.63, 3.8) is 0 Å². The fraction of sp³-hybridized carbons (Fsp3) is 0.309. The molecule has 1 amide bonds. The van der Waals surface area contributed by atoms with Gasteiger partial charge < -0.3 is 55.3 Å². The van der Waals surface area contributed by atoms with Crippen LogP contribution in [0, 0.1) is 0 Å². The maximum Gasteiger partial charge on any atom is 0.407 e. The lowest BCUT2D eigenvalue weighted by Gasteiger charge is -2.36. The summed E-state index contributed by atoms with van der Waals surface area (Å²) in [6.45, 7) is 2.86. The van der Waals surface area contributed by atoms with Crippen LogP contribution in [0.5, 0.6) is 23.0 Å². The Labute approximate surface area is 446 Å². The second-order valence-corrected chi connectivity index (χ2v) is 18.3. The molecule has 75 heavy (non-hydrogen) atoms. The molecule has 7 N–H and O–H groups in total. The summed E-state index contributed by atoms with van der Waals surface area (Å²) in [7, 11) is 0. The van der Waals surface area contributed by atoms with Crippen LogP contribution in [0.1, 0.15) is 57.2 Å². The molecule has 0 bridgehead atoms. The number of aromatic nitrogens is 6. The van der Waals surface area contributed by atoms with Gasteiger partial charge in [-0.15, -0.1) is 24.8 Å². The summed E-state index contributed by atoms with van der Waals surface area (Å²) in [4.78, 5) is 43.8. The van der Waals surface area contributed by atoms with Gasteiger partial charge in [0.15, 0.2) is 0 Å². The van der Waals surface area contributed by atoms with Crippen molar-refractivity contribution in [3.05, 3.63) is 134 Å². The van der Waals surface area contributed by atoms with Crippen molar-refractivity contribution in [1.29, 1.82) is 0 Å². The number of nitrogens with zero attached hydrogens (tertiary/aromatic N) is 7. The van der Waals surface area contributed by atoms with Gasteiger partial charge >= 0.3 is 12.1 Å². The Bertz CT molecular complexity index is 3140. The molecule has 2 aliphatic carbocycles. The summed E-state index contributed by atoms with van der Waals surface area (Å²) >= 11 is 0. The number of esters is 1. The lowest BCUT2D eigenvalue weighted by Crippen LogP contribution is -2.46.